The highest BCUT2D eigenvalue weighted by Gasteiger charge is 2.26. The minimum Gasteiger partial charge on any atom is -0.485 e. The van der Waals surface area contributed by atoms with E-state index in [2.05, 4.69) is 17.0 Å². The lowest BCUT2D eigenvalue weighted by Crippen LogP contribution is -2.34. The molecule has 0 N–H and O–H groups in total. The Labute approximate surface area is 236 Å². The molecule has 0 aliphatic carbocycles. The largest absolute Gasteiger partial charge is 0.485 e. The first-order valence-corrected chi connectivity index (χ1v) is 13.8. The van der Waals surface area contributed by atoms with E-state index in [1.54, 1.807) is 0 Å². The second-order valence-electron chi connectivity index (χ2n) is 9.83. The Morgan fingerprint density at radius 1 is 0.725 bits per heavy atom. The second kappa shape index (κ2) is 13.6. The van der Waals surface area contributed by atoms with Gasteiger partial charge in [-0.2, -0.15) is 0 Å². The van der Waals surface area contributed by atoms with E-state index < -0.39 is 0 Å². The van der Waals surface area contributed by atoms with Gasteiger partial charge in [0.15, 0.2) is 11.5 Å². The quantitative estimate of drug-likeness (QED) is 0.193. The van der Waals surface area contributed by atoms with E-state index in [-0.39, 0.29) is 5.97 Å². The van der Waals surface area contributed by atoms with Crippen LogP contribution >= 0.6 is 0 Å². The summed E-state index contributed by atoms with van der Waals surface area (Å²) in [5.74, 6) is 1.06. The molecule has 0 unspecified atom stereocenters. The van der Waals surface area contributed by atoms with Gasteiger partial charge in [-0.3, -0.25) is 4.90 Å². The van der Waals surface area contributed by atoms with Gasteiger partial charge < -0.3 is 14.2 Å². The summed E-state index contributed by atoms with van der Waals surface area (Å²) in [6, 6.07) is 36.5. The molecule has 4 aromatic carbocycles. The van der Waals surface area contributed by atoms with E-state index >= 15 is 0 Å². The fourth-order valence-corrected chi connectivity index (χ4v) is 4.92. The fourth-order valence-electron chi connectivity index (χ4n) is 4.92. The second-order valence-corrected chi connectivity index (χ2v) is 9.83. The van der Waals surface area contributed by atoms with E-state index in [0.717, 1.165) is 41.8 Å². The minimum atomic E-state index is -0.258. The number of nitrogens with zero attached hydrogens (tertiary/aromatic N) is 1. The lowest BCUT2D eigenvalue weighted by molar-refractivity contribution is -0.138. The molecule has 0 saturated heterocycles. The van der Waals surface area contributed by atoms with Crippen LogP contribution in [0.25, 0.3) is 5.57 Å². The van der Waals surface area contributed by atoms with Crippen LogP contribution in [0.4, 0.5) is 0 Å². The predicted octanol–water partition coefficient (Wildman–Crippen LogP) is 7.07. The first kappa shape index (κ1) is 27.2. The maximum Gasteiger partial charge on any atom is 0.335 e. The smallest absolute Gasteiger partial charge is 0.335 e. The first-order valence-electron chi connectivity index (χ1n) is 13.8. The summed E-state index contributed by atoms with van der Waals surface area (Å²) in [7, 11) is 0. The molecule has 5 nitrogen and oxygen atoms in total. The van der Waals surface area contributed by atoms with Crippen molar-refractivity contribution in [3.05, 3.63) is 137 Å². The Balaban J connectivity index is 1.43. The van der Waals surface area contributed by atoms with Gasteiger partial charge in [0.1, 0.15) is 13.2 Å². The van der Waals surface area contributed by atoms with E-state index in [0.29, 0.717) is 43.4 Å². The number of esters is 1. The first-order chi connectivity index (χ1) is 19.7. The predicted molar refractivity (Wildman–Crippen MR) is 158 cm³/mol. The molecule has 5 heteroatoms. The zero-order chi connectivity index (χ0) is 27.6. The van der Waals surface area contributed by atoms with Crippen molar-refractivity contribution in [1.29, 1.82) is 0 Å². The Morgan fingerprint density at radius 3 is 1.90 bits per heavy atom. The zero-order valence-corrected chi connectivity index (χ0v) is 22.9. The molecule has 0 bridgehead atoms. The SMILES string of the molecule is CCOC(=O)C1=C(c2ccc(OCc3ccccc3)c(OCc3ccccc3)c2)CCN(Cc2ccccc2)C1. The van der Waals surface area contributed by atoms with Crippen LogP contribution in [0.2, 0.25) is 0 Å². The molecule has 0 spiro atoms. The molecular weight excluding hydrogens is 498 g/mol. The van der Waals surface area contributed by atoms with Crippen molar-refractivity contribution in [3.63, 3.8) is 0 Å². The van der Waals surface area contributed by atoms with Gasteiger partial charge in [-0.05, 0) is 53.3 Å². The third-order valence-corrected chi connectivity index (χ3v) is 6.96. The lowest BCUT2D eigenvalue weighted by Gasteiger charge is -2.30. The number of hydrogen-bond acceptors (Lipinski definition) is 5. The Kier molecular flexibility index (Phi) is 9.28. The van der Waals surface area contributed by atoms with Crippen LogP contribution in [0.3, 0.4) is 0 Å². The lowest BCUT2D eigenvalue weighted by atomic mass is 9.92. The van der Waals surface area contributed by atoms with Gasteiger partial charge in [0.25, 0.3) is 0 Å². The van der Waals surface area contributed by atoms with Gasteiger partial charge in [-0.15, -0.1) is 0 Å². The molecule has 0 atom stereocenters. The summed E-state index contributed by atoms with van der Waals surface area (Å²) < 4.78 is 18.0. The molecule has 0 saturated carbocycles. The average molecular weight is 534 g/mol. The van der Waals surface area contributed by atoms with Gasteiger partial charge in [-0.1, -0.05) is 97.1 Å². The highest BCUT2D eigenvalue weighted by molar-refractivity contribution is 5.98. The maximum absolute atomic E-state index is 13.1. The van der Waals surface area contributed by atoms with Crippen molar-refractivity contribution in [2.24, 2.45) is 0 Å². The number of carbonyl (C=O) groups excluding carboxylic acids is 1. The number of ether oxygens (including phenoxy) is 3. The molecule has 0 fully saturated rings. The Bertz CT molecular complexity index is 1420. The van der Waals surface area contributed by atoms with Crippen LogP contribution in [0.15, 0.2) is 115 Å². The summed E-state index contributed by atoms with van der Waals surface area (Å²) in [6.07, 6.45) is 0.739. The molecule has 0 aromatic heterocycles. The molecule has 5 rings (SSSR count). The normalized spacial score (nSPS) is 13.6. The van der Waals surface area contributed by atoms with Crippen LogP contribution in [0, 0.1) is 0 Å². The summed E-state index contributed by atoms with van der Waals surface area (Å²) in [5.41, 5.74) is 6.04. The van der Waals surface area contributed by atoms with Gasteiger partial charge in [0.2, 0.25) is 0 Å². The molecule has 1 aliphatic rings. The van der Waals surface area contributed by atoms with Crippen LogP contribution in [-0.2, 0) is 29.3 Å². The standard InChI is InChI=1S/C35H35NO4/c1-2-38-35(37)32-24-36(23-27-12-6-3-7-13-27)21-20-31(32)30-18-19-33(39-25-28-14-8-4-9-15-28)34(22-30)40-26-29-16-10-5-11-17-29/h3-19,22H,2,20-21,23-26H2,1H3. The Morgan fingerprint density at radius 2 is 1.30 bits per heavy atom. The average Bonchev–Trinajstić information content (AvgIpc) is 3.01. The maximum atomic E-state index is 13.1. The number of carbonyl (C=O) groups is 1. The highest BCUT2D eigenvalue weighted by atomic mass is 16.5. The van der Waals surface area contributed by atoms with Crippen molar-refractivity contribution in [2.75, 3.05) is 19.7 Å². The van der Waals surface area contributed by atoms with Crippen molar-refractivity contribution in [3.8, 4) is 11.5 Å². The van der Waals surface area contributed by atoms with Gasteiger partial charge >= 0.3 is 5.97 Å². The van der Waals surface area contributed by atoms with E-state index in [1.807, 2.05) is 104 Å². The van der Waals surface area contributed by atoms with Crippen molar-refractivity contribution in [2.45, 2.75) is 33.1 Å². The van der Waals surface area contributed by atoms with Crippen LogP contribution in [0.1, 0.15) is 35.6 Å². The molecule has 1 aliphatic heterocycles. The zero-order valence-electron chi connectivity index (χ0n) is 22.9. The topological polar surface area (TPSA) is 48.0 Å². The molecule has 0 amide bonds. The van der Waals surface area contributed by atoms with Crippen molar-refractivity contribution < 1.29 is 19.0 Å². The molecule has 4 aromatic rings. The summed E-state index contributed by atoms with van der Waals surface area (Å²) in [6.45, 7) is 5.21. The van der Waals surface area contributed by atoms with Gasteiger partial charge in [0.05, 0.1) is 12.2 Å². The van der Waals surface area contributed by atoms with Crippen LogP contribution in [-0.4, -0.2) is 30.6 Å². The van der Waals surface area contributed by atoms with Crippen molar-refractivity contribution >= 4 is 11.5 Å². The third-order valence-electron chi connectivity index (χ3n) is 6.96. The monoisotopic (exact) mass is 533 g/mol. The van der Waals surface area contributed by atoms with E-state index in [1.165, 1.54) is 5.56 Å². The molecular formula is C35H35NO4. The van der Waals surface area contributed by atoms with Crippen LogP contribution in [0.5, 0.6) is 11.5 Å². The molecule has 204 valence electrons. The summed E-state index contributed by atoms with van der Waals surface area (Å²) >= 11 is 0. The van der Waals surface area contributed by atoms with Gasteiger partial charge in [-0.25, -0.2) is 4.79 Å². The number of benzene rings is 4. The molecule has 40 heavy (non-hydrogen) atoms. The van der Waals surface area contributed by atoms with E-state index in [9.17, 15) is 4.79 Å². The van der Waals surface area contributed by atoms with Crippen molar-refractivity contribution in [1.82, 2.24) is 4.90 Å². The van der Waals surface area contributed by atoms with Crippen LogP contribution < -0.4 is 9.47 Å². The third kappa shape index (κ3) is 7.19. The summed E-state index contributed by atoms with van der Waals surface area (Å²) in [4.78, 5) is 15.4. The molecule has 0 radical (unpaired) electrons. The summed E-state index contributed by atoms with van der Waals surface area (Å²) in [5, 5.41) is 0. The molecule has 1 heterocycles. The number of rotatable bonds is 11. The Hall–Kier alpha value is -4.35. The van der Waals surface area contributed by atoms with Gasteiger partial charge in [0, 0.05) is 19.6 Å². The van der Waals surface area contributed by atoms with E-state index in [4.69, 9.17) is 14.2 Å². The number of hydrogen-bond donors (Lipinski definition) is 0. The fraction of sp³-hybridized carbons (Fsp3) is 0.229. The highest BCUT2D eigenvalue weighted by Crippen LogP contribution is 2.36. The minimum absolute atomic E-state index is 0.258.